The number of nitrogens with one attached hydrogen (secondary N) is 1. The average molecular weight is 311 g/mol. The molecule has 0 atom stereocenters. The summed E-state index contributed by atoms with van der Waals surface area (Å²) in [5.74, 6) is 4.15. The molecule has 0 aromatic carbocycles. The zero-order valence-corrected chi connectivity index (χ0v) is 13.3. The summed E-state index contributed by atoms with van der Waals surface area (Å²) in [6, 6.07) is 0. The molecule has 6 nitrogen and oxygen atoms in total. The maximum absolute atomic E-state index is 11.8. The molecule has 0 bridgehead atoms. The molecule has 0 radical (unpaired) electrons. The lowest BCUT2D eigenvalue weighted by Gasteiger charge is -2.29. The number of thiophene rings is 1. The third kappa shape index (κ3) is 3.61. The number of carboxylic acids is 1. The molecule has 7 heteroatoms. The zero-order chi connectivity index (χ0) is 15.8. The Kier molecular flexibility index (Phi) is 4.36. The first kappa shape index (κ1) is 15.9. The van der Waals surface area contributed by atoms with Gasteiger partial charge in [0.2, 0.25) is 5.91 Å². The van der Waals surface area contributed by atoms with Gasteiger partial charge in [-0.1, -0.05) is 13.8 Å². The summed E-state index contributed by atoms with van der Waals surface area (Å²) in [4.78, 5) is 24.5. The Hall–Kier alpha value is -1.44. The first-order valence-electron chi connectivity index (χ1n) is 6.83. The minimum absolute atomic E-state index is 0.0210. The van der Waals surface area contributed by atoms with Crippen LogP contribution in [0.5, 0.6) is 0 Å². The van der Waals surface area contributed by atoms with Gasteiger partial charge in [-0.15, -0.1) is 11.3 Å². The van der Waals surface area contributed by atoms with Crippen LogP contribution in [0.1, 0.15) is 41.1 Å². The topological polar surface area (TPSA) is 95.7 Å². The molecule has 0 unspecified atom stereocenters. The van der Waals surface area contributed by atoms with Crippen molar-refractivity contribution in [3.8, 4) is 0 Å². The summed E-state index contributed by atoms with van der Waals surface area (Å²) >= 11 is 1.37. The van der Waals surface area contributed by atoms with Crippen LogP contribution in [-0.2, 0) is 17.6 Å². The quantitative estimate of drug-likeness (QED) is 0.581. The van der Waals surface area contributed by atoms with Gasteiger partial charge in [0.15, 0.2) is 0 Å². The number of carbonyl (C=O) groups is 2. The number of anilines is 1. The molecule has 116 valence electrons. The zero-order valence-electron chi connectivity index (χ0n) is 12.5. The number of aromatic carboxylic acids is 1. The highest BCUT2D eigenvalue weighted by Crippen LogP contribution is 2.43. The number of fused-ring (bicyclic) bond motifs is 1. The van der Waals surface area contributed by atoms with Gasteiger partial charge in [-0.05, 0) is 30.2 Å². The minimum atomic E-state index is -0.985. The van der Waals surface area contributed by atoms with Gasteiger partial charge in [0.1, 0.15) is 5.00 Å². The highest BCUT2D eigenvalue weighted by Gasteiger charge is 2.33. The molecule has 2 rings (SSSR count). The molecular formula is C14H21N3O3S. The van der Waals surface area contributed by atoms with E-state index in [0.29, 0.717) is 5.00 Å². The van der Waals surface area contributed by atoms with Gasteiger partial charge in [-0.2, -0.15) is 0 Å². The van der Waals surface area contributed by atoms with E-state index in [4.69, 9.17) is 5.84 Å². The first-order chi connectivity index (χ1) is 9.69. The van der Waals surface area contributed by atoms with Gasteiger partial charge in [-0.25, -0.2) is 9.80 Å². The van der Waals surface area contributed by atoms with Crippen molar-refractivity contribution in [2.45, 2.75) is 33.1 Å². The molecule has 0 spiro atoms. The van der Waals surface area contributed by atoms with E-state index >= 15 is 0 Å². The molecule has 0 aliphatic heterocycles. The molecule has 1 aromatic rings. The van der Waals surface area contributed by atoms with E-state index in [-0.39, 0.29) is 23.4 Å². The monoisotopic (exact) mass is 311 g/mol. The molecule has 1 aromatic heterocycles. The van der Waals surface area contributed by atoms with Crippen LogP contribution in [0.2, 0.25) is 0 Å². The summed E-state index contributed by atoms with van der Waals surface area (Å²) in [5, 5.41) is 13.9. The number of hydrogen-bond acceptors (Lipinski definition) is 5. The fourth-order valence-corrected chi connectivity index (χ4v) is 3.85. The Labute approximate surface area is 127 Å². The number of carboxylic acid groups (broad SMARTS) is 1. The SMILES string of the molecule is CN(N)CC(=O)Nc1sc2c(c1C(=O)O)CC(C)(C)CC2. The van der Waals surface area contributed by atoms with Gasteiger partial charge in [-0.3, -0.25) is 10.6 Å². The maximum atomic E-state index is 11.8. The van der Waals surface area contributed by atoms with E-state index in [0.717, 1.165) is 29.7 Å². The van der Waals surface area contributed by atoms with Crippen LogP contribution < -0.4 is 11.2 Å². The Morgan fingerprint density at radius 1 is 1.48 bits per heavy atom. The average Bonchev–Trinajstić information content (AvgIpc) is 2.63. The molecule has 0 fully saturated rings. The molecule has 1 aliphatic rings. The van der Waals surface area contributed by atoms with Gasteiger partial charge >= 0.3 is 5.97 Å². The van der Waals surface area contributed by atoms with Gasteiger partial charge < -0.3 is 10.4 Å². The van der Waals surface area contributed by atoms with Crippen molar-refractivity contribution in [2.75, 3.05) is 18.9 Å². The number of hydrogen-bond donors (Lipinski definition) is 3. The fourth-order valence-electron chi connectivity index (χ4n) is 2.63. The molecular weight excluding hydrogens is 290 g/mol. The molecule has 0 saturated heterocycles. The van der Waals surface area contributed by atoms with Gasteiger partial charge in [0.05, 0.1) is 12.1 Å². The van der Waals surface area contributed by atoms with Crippen LogP contribution in [0.3, 0.4) is 0 Å². The maximum Gasteiger partial charge on any atom is 0.339 e. The number of likely N-dealkylation sites (N-methyl/N-ethyl adjacent to an activating group) is 1. The second-order valence-electron chi connectivity index (χ2n) is 6.32. The largest absolute Gasteiger partial charge is 0.478 e. The Morgan fingerprint density at radius 2 is 2.14 bits per heavy atom. The lowest BCUT2D eigenvalue weighted by atomic mass is 9.76. The smallest absolute Gasteiger partial charge is 0.339 e. The third-order valence-electron chi connectivity index (χ3n) is 3.63. The van der Waals surface area contributed by atoms with E-state index in [1.165, 1.54) is 16.3 Å². The number of nitrogens with zero attached hydrogens (tertiary/aromatic N) is 1. The van der Waals surface area contributed by atoms with Crippen molar-refractivity contribution in [3.63, 3.8) is 0 Å². The highest BCUT2D eigenvalue weighted by atomic mass is 32.1. The summed E-state index contributed by atoms with van der Waals surface area (Å²) in [6.07, 6.45) is 2.62. The van der Waals surface area contributed by atoms with Crippen LogP contribution in [0.25, 0.3) is 0 Å². The number of rotatable bonds is 4. The third-order valence-corrected chi connectivity index (χ3v) is 4.84. The second-order valence-corrected chi connectivity index (χ2v) is 7.42. The van der Waals surface area contributed by atoms with Crippen molar-refractivity contribution in [2.24, 2.45) is 11.3 Å². The fraction of sp³-hybridized carbons (Fsp3) is 0.571. The lowest BCUT2D eigenvalue weighted by Crippen LogP contribution is -2.35. The van der Waals surface area contributed by atoms with Crippen molar-refractivity contribution in [1.82, 2.24) is 5.01 Å². The summed E-state index contributed by atoms with van der Waals surface area (Å²) < 4.78 is 0. The van der Waals surface area contributed by atoms with Crippen molar-refractivity contribution in [1.29, 1.82) is 0 Å². The number of nitrogens with two attached hydrogens (primary N) is 1. The van der Waals surface area contributed by atoms with Gasteiger partial charge in [0.25, 0.3) is 0 Å². The molecule has 21 heavy (non-hydrogen) atoms. The van der Waals surface area contributed by atoms with E-state index in [2.05, 4.69) is 19.2 Å². The van der Waals surface area contributed by atoms with Crippen molar-refractivity contribution < 1.29 is 14.7 Å². The standard InChI is InChI=1S/C14H21N3O3S/c1-14(2)5-4-9-8(6-14)11(13(19)20)12(21-9)16-10(18)7-17(3)15/h4-7,15H2,1-3H3,(H,16,18)(H,19,20). The predicted molar refractivity (Wildman–Crippen MR) is 82.5 cm³/mol. The molecule has 4 N–H and O–H groups in total. The van der Waals surface area contributed by atoms with E-state index < -0.39 is 5.97 Å². The summed E-state index contributed by atoms with van der Waals surface area (Å²) in [7, 11) is 1.58. The minimum Gasteiger partial charge on any atom is -0.478 e. The Balaban J connectivity index is 2.33. The first-order valence-corrected chi connectivity index (χ1v) is 7.65. The number of hydrazine groups is 1. The van der Waals surface area contributed by atoms with Crippen LogP contribution in [0.15, 0.2) is 0 Å². The van der Waals surface area contributed by atoms with Crippen LogP contribution in [0.4, 0.5) is 5.00 Å². The molecule has 1 amide bonds. The van der Waals surface area contributed by atoms with Crippen LogP contribution in [0, 0.1) is 5.41 Å². The number of amides is 1. The number of carbonyl (C=O) groups excluding carboxylic acids is 1. The van der Waals surface area contributed by atoms with Crippen LogP contribution >= 0.6 is 11.3 Å². The van der Waals surface area contributed by atoms with Crippen molar-refractivity contribution >= 4 is 28.2 Å². The predicted octanol–water partition coefficient (Wildman–Crippen LogP) is 1.71. The second kappa shape index (κ2) is 5.75. The molecule has 1 heterocycles. The normalized spacial score (nSPS) is 16.6. The van der Waals surface area contributed by atoms with E-state index in [9.17, 15) is 14.7 Å². The molecule has 0 saturated carbocycles. The number of aryl methyl sites for hydroxylation is 1. The summed E-state index contributed by atoms with van der Waals surface area (Å²) in [6.45, 7) is 4.30. The van der Waals surface area contributed by atoms with Crippen LogP contribution in [-0.4, -0.2) is 35.6 Å². The lowest BCUT2D eigenvalue weighted by molar-refractivity contribution is -0.117. The van der Waals surface area contributed by atoms with E-state index in [1.807, 2.05) is 0 Å². The molecule has 1 aliphatic carbocycles. The highest BCUT2D eigenvalue weighted by molar-refractivity contribution is 7.17. The van der Waals surface area contributed by atoms with Crippen molar-refractivity contribution in [3.05, 3.63) is 16.0 Å². The summed E-state index contributed by atoms with van der Waals surface area (Å²) in [5.41, 5.74) is 1.22. The Morgan fingerprint density at radius 3 is 2.71 bits per heavy atom. The van der Waals surface area contributed by atoms with Gasteiger partial charge in [0, 0.05) is 11.9 Å². The van der Waals surface area contributed by atoms with E-state index in [1.54, 1.807) is 7.05 Å². The Bertz CT molecular complexity index is 578.